The first-order valence-corrected chi connectivity index (χ1v) is 11.2. The molecule has 2 heterocycles. The van der Waals surface area contributed by atoms with Crippen molar-refractivity contribution in [2.45, 2.75) is 56.7 Å². The lowest BCUT2D eigenvalue weighted by atomic mass is 9.79. The zero-order chi connectivity index (χ0) is 21.1. The fourth-order valence-corrected chi connectivity index (χ4v) is 5.03. The van der Waals surface area contributed by atoms with Crippen LogP contribution in [-0.4, -0.2) is 71.3 Å². The lowest BCUT2D eigenvalue weighted by molar-refractivity contribution is -0.131. The van der Waals surface area contributed by atoms with Crippen LogP contribution in [0.3, 0.4) is 0 Å². The number of amides is 3. The van der Waals surface area contributed by atoms with Gasteiger partial charge in [0.2, 0.25) is 5.91 Å². The summed E-state index contributed by atoms with van der Waals surface area (Å²) in [4.78, 5) is 30.1. The van der Waals surface area contributed by atoms with Crippen LogP contribution in [0.4, 0.5) is 4.79 Å². The molecule has 3 amide bonds. The van der Waals surface area contributed by atoms with Crippen molar-refractivity contribution in [3.8, 4) is 0 Å². The molecular weight excluding hydrogens is 382 g/mol. The summed E-state index contributed by atoms with van der Waals surface area (Å²) in [5.41, 5.74) is -0.174. The monoisotopic (exact) mass is 415 g/mol. The van der Waals surface area contributed by atoms with Gasteiger partial charge in [-0.1, -0.05) is 43.2 Å². The summed E-state index contributed by atoms with van der Waals surface area (Å²) in [6.07, 6.45) is 4.36. The Hall–Kier alpha value is -2.12. The van der Waals surface area contributed by atoms with E-state index in [-0.39, 0.29) is 17.9 Å². The first-order chi connectivity index (χ1) is 14.5. The smallest absolute Gasteiger partial charge is 0.320 e. The van der Waals surface area contributed by atoms with E-state index in [1.807, 2.05) is 40.1 Å². The molecule has 30 heavy (non-hydrogen) atoms. The summed E-state index contributed by atoms with van der Waals surface area (Å²) >= 11 is 0. The quantitative estimate of drug-likeness (QED) is 0.794. The van der Waals surface area contributed by atoms with Gasteiger partial charge in [0.05, 0.1) is 30.9 Å². The number of aliphatic hydroxyl groups is 1. The zero-order valence-corrected chi connectivity index (χ0v) is 17.8. The molecule has 3 fully saturated rings. The molecule has 2 aliphatic heterocycles. The van der Waals surface area contributed by atoms with E-state index >= 15 is 0 Å². The van der Waals surface area contributed by atoms with Crippen molar-refractivity contribution in [2.24, 2.45) is 5.92 Å². The minimum atomic E-state index is -1.10. The fraction of sp³-hybridized carbons (Fsp3) is 0.652. The second-order valence-electron chi connectivity index (χ2n) is 9.01. The molecule has 1 aromatic carbocycles. The molecule has 1 aliphatic carbocycles. The Morgan fingerprint density at radius 1 is 1.10 bits per heavy atom. The summed E-state index contributed by atoms with van der Waals surface area (Å²) in [7, 11) is 0. The van der Waals surface area contributed by atoms with Gasteiger partial charge in [0.25, 0.3) is 0 Å². The summed E-state index contributed by atoms with van der Waals surface area (Å²) in [6.45, 7) is 4.42. The fourth-order valence-electron chi connectivity index (χ4n) is 5.03. The summed E-state index contributed by atoms with van der Waals surface area (Å²) in [5, 5.41) is 14.4. The van der Waals surface area contributed by atoms with Crippen LogP contribution in [0.5, 0.6) is 0 Å². The number of piperidine rings is 1. The third kappa shape index (κ3) is 4.32. The molecule has 3 atom stereocenters. The van der Waals surface area contributed by atoms with Crippen molar-refractivity contribution >= 4 is 11.9 Å². The number of rotatable bonds is 3. The van der Waals surface area contributed by atoms with Gasteiger partial charge in [0.1, 0.15) is 0 Å². The highest BCUT2D eigenvalue weighted by molar-refractivity contribution is 5.80. The van der Waals surface area contributed by atoms with E-state index in [2.05, 4.69) is 5.32 Å². The lowest BCUT2D eigenvalue weighted by Crippen LogP contribution is -2.65. The second kappa shape index (κ2) is 8.94. The average molecular weight is 416 g/mol. The van der Waals surface area contributed by atoms with Crippen molar-refractivity contribution < 1.29 is 19.4 Å². The van der Waals surface area contributed by atoms with Gasteiger partial charge < -0.3 is 25.0 Å². The minimum absolute atomic E-state index is 0.000576. The molecule has 0 spiro atoms. The van der Waals surface area contributed by atoms with Gasteiger partial charge in [-0.05, 0) is 31.7 Å². The highest BCUT2D eigenvalue weighted by Crippen LogP contribution is 2.38. The largest absolute Gasteiger partial charge is 0.388 e. The summed E-state index contributed by atoms with van der Waals surface area (Å²) in [5.74, 6) is 0.00178. The summed E-state index contributed by atoms with van der Waals surface area (Å²) < 4.78 is 5.40. The number of nitrogens with zero attached hydrogens (tertiary/aromatic N) is 2. The highest BCUT2D eigenvalue weighted by Gasteiger charge is 2.49. The van der Waals surface area contributed by atoms with Crippen LogP contribution in [0.15, 0.2) is 30.3 Å². The van der Waals surface area contributed by atoms with E-state index < -0.39 is 17.7 Å². The number of hydrogen-bond donors (Lipinski definition) is 2. The first kappa shape index (κ1) is 21.1. The molecule has 7 nitrogen and oxygen atoms in total. The maximum Gasteiger partial charge on any atom is 0.320 e. The predicted molar refractivity (Wildman–Crippen MR) is 113 cm³/mol. The van der Waals surface area contributed by atoms with E-state index in [1.54, 1.807) is 6.92 Å². The molecule has 164 valence electrons. The standard InChI is InChI=1S/C23H33N3O4/c1-23(29)11-12-26(22(28)25-13-15-30-16-14-25)19(17-7-3-2-4-8-17)20(23)24-21(27)18-9-5-6-10-18/h2-4,7-8,18-20,29H,5-6,9-16H2,1H3,(H,24,27). The maximum absolute atomic E-state index is 13.4. The van der Waals surface area contributed by atoms with Gasteiger partial charge in [-0.3, -0.25) is 4.79 Å². The molecule has 1 saturated carbocycles. The molecule has 4 rings (SSSR count). The molecule has 7 heteroatoms. The Morgan fingerprint density at radius 3 is 2.43 bits per heavy atom. The van der Waals surface area contributed by atoms with Crippen molar-refractivity contribution in [3.63, 3.8) is 0 Å². The molecule has 1 aromatic rings. The van der Waals surface area contributed by atoms with Crippen LogP contribution < -0.4 is 5.32 Å². The molecule has 3 unspecified atom stereocenters. The SMILES string of the molecule is CC1(O)CCN(C(=O)N2CCOCC2)C(c2ccccc2)C1NC(=O)C1CCCC1. The number of nitrogens with one attached hydrogen (secondary N) is 1. The van der Waals surface area contributed by atoms with Gasteiger partial charge in [-0.2, -0.15) is 0 Å². The topological polar surface area (TPSA) is 82.1 Å². The molecule has 3 aliphatic rings. The van der Waals surface area contributed by atoms with Gasteiger partial charge in [0.15, 0.2) is 0 Å². The van der Waals surface area contributed by atoms with E-state index in [4.69, 9.17) is 4.74 Å². The number of morpholine rings is 1. The Labute approximate surface area is 178 Å². The zero-order valence-electron chi connectivity index (χ0n) is 17.8. The molecular formula is C23H33N3O4. The van der Waals surface area contributed by atoms with Crippen LogP contribution in [-0.2, 0) is 9.53 Å². The molecule has 0 radical (unpaired) electrons. The molecule has 0 aromatic heterocycles. The first-order valence-electron chi connectivity index (χ1n) is 11.2. The number of hydrogen-bond acceptors (Lipinski definition) is 4. The molecule has 2 saturated heterocycles. The lowest BCUT2D eigenvalue weighted by Gasteiger charge is -2.50. The second-order valence-corrected chi connectivity index (χ2v) is 9.01. The Kier molecular flexibility index (Phi) is 6.29. The van der Waals surface area contributed by atoms with Crippen LogP contribution in [0.1, 0.15) is 50.6 Å². The third-order valence-electron chi connectivity index (χ3n) is 6.87. The van der Waals surface area contributed by atoms with E-state index in [1.165, 1.54) is 0 Å². The third-order valence-corrected chi connectivity index (χ3v) is 6.87. The number of ether oxygens (including phenoxy) is 1. The summed E-state index contributed by atoms with van der Waals surface area (Å²) in [6, 6.07) is 8.72. The van der Waals surface area contributed by atoms with Crippen molar-refractivity contribution in [1.82, 2.24) is 15.1 Å². The molecule has 0 bridgehead atoms. The number of likely N-dealkylation sites (tertiary alicyclic amines) is 1. The number of benzene rings is 1. The molecule has 2 N–H and O–H groups in total. The van der Waals surface area contributed by atoms with Gasteiger partial charge in [-0.15, -0.1) is 0 Å². The number of carbonyl (C=O) groups is 2. The Morgan fingerprint density at radius 2 is 1.77 bits per heavy atom. The van der Waals surface area contributed by atoms with Crippen LogP contribution in [0.25, 0.3) is 0 Å². The minimum Gasteiger partial charge on any atom is -0.388 e. The van der Waals surface area contributed by atoms with Crippen molar-refractivity contribution in [1.29, 1.82) is 0 Å². The van der Waals surface area contributed by atoms with E-state index in [9.17, 15) is 14.7 Å². The van der Waals surface area contributed by atoms with Crippen LogP contribution >= 0.6 is 0 Å². The maximum atomic E-state index is 13.4. The van der Waals surface area contributed by atoms with Gasteiger partial charge in [-0.25, -0.2) is 4.79 Å². The van der Waals surface area contributed by atoms with Crippen LogP contribution in [0.2, 0.25) is 0 Å². The number of urea groups is 1. The van der Waals surface area contributed by atoms with Gasteiger partial charge >= 0.3 is 6.03 Å². The number of carbonyl (C=O) groups excluding carboxylic acids is 2. The Bertz CT molecular complexity index is 742. The predicted octanol–water partition coefficient (Wildman–Crippen LogP) is 2.31. The average Bonchev–Trinajstić information content (AvgIpc) is 3.31. The Balaban J connectivity index is 1.64. The normalized spacial score (nSPS) is 30.3. The van der Waals surface area contributed by atoms with Crippen molar-refractivity contribution in [3.05, 3.63) is 35.9 Å². The highest BCUT2D eigenvalue weighted by atomic mass is 16.5. The van der Waals surface area contributed by atoms with E-state index in [0.717, 1.165) is 31.2 Å². The van der Waals surface area contributed by atoms with Gasteiger partial charge in [0, 0.05) is 25.6 Å². The van der Waals surface area contributed by atoms with Crippen LogP contribution in [0, 0.1) is 5.92 Å². The van der Waals surface area contributed by atoms with E-state index in [0.29, 0.717) is 39.3 Å². The van der Waals surface area contributed by atoms with Crippen molar-refractivity contribution in [2.75, 3.05) is 32.8 Å².